The predicted molar refractivity (Wildman–Crippen MR) is 156 cm³/mol. The van der Waals surface area contributed by atoms with Crippen molar-refractivity contribution in [3.8, 4) is 11.1 Å². The van der Waals surface area contributed by atoms with Gasteiger partial charge in [-0.2, -0.15) is 0 Å². The predicted octanol–water partition coefficient (Wildman–Crippen LogP) is 8.15. The molecule has 174 valence electrons. The maximum atomic E-state index is 8.34. The van der Waals surface area contributed by atoms with E-state index in [4.69, 9.17) is 11.2 Å². The third-order valence-corrected chi connectivity index (χ3v) is 14.3. The van der Waals surface area contributed by atoms with Crippen molar-refractivity contribution in [1.82, 2.24) is 0 Å². The van der Waals surface area contributed by atoms with Crippen LogP contribution in [0.15, 0.2) is 133 Å². The molecule has 0 saturated heterocycles. The van der Waals surface area contributed by atoms with Crippen molar-refractivity contribution in [2.24, 2.45) is 0 Å². The summed E-state index contributed by atoms with van der Waals surface area (Å²) >= 11 is 8.34. The summed E-state index contributed by atoms with van der Waals surface area (Å²) in [6, 6.07) is 47.4. The van der Waals surface area contributed by atoms with Crippen LogP contribution in [0, 0.1) is 13.8 Å². The van der Waals surface area contributed by atoms with Gasteiger partial charge in [-0.25, -0.2) is 0 Å². The van der Waals surface area contributed by atoms with Gasteiger partial charge in [0.05, 0.1) is 0 Å². The Morgan fingerprint density at radius 2 is 0.829 bits per heavy atom. The summed E-state index contributed by atoms with van der Waals surface area (Å²) < 4.78 is 0. The SMILES string of the molecule is Cc1cc(-c2ccccc2)cc(C)c1CP(Cl)(c1ccccc1)(c1ccccc1)c1ccccc1. The second kappa shape index (κ2) is 9.46. The zero-order valence-corrected chi connectivity index (χ0v) is 21.9. The van der Waals surface area contributed by atoms with Gasteiger partial charge in [-0.1, -0.05) is 0 Å². The molecule has 0 aliphatic heterocycles. The molecule has 0 aliphatic carbocycles. The number of rotatable bonds is 6. The number of benzene rings is 5. The molecule has 0 bridgehead atoms. The normalized spacial score (nSPS) is 12.6. The molecule has 0 radical (unpaired) electrons. The van der Waals surface area contributed by atoms with Crippen molar-refractivity contribution in [3.05, 3.63) is 150 Å². The van der Waals surface area contributed by atoms with E-state index in [1.165, 1.54) is 43.7 Å². The van der Waals surface area contributed by atoms with Crippen molar-refractivity contribution in [2.45, 2.75) is 20.0 Å². The van der Waals surface area contributed by atoms with Gasteiger partial charge < -0.3 is 0 Å². The average Bonchev–Trinajstić information content (AvgIpc) is 2.92. The van der Waals surface area contributed by atoms with E-state index >= 15 is 0 Å². The average molecular weight is 493 g/mol. The van der Waals surface area contributed by atoms with Gasteiger partial charge in [-0.05, 0) is 0 Å². The Morgan fingerprint density at radius 1 is 0.486 bits per heavy atom. The third kappa shape index (κ3) is 4.12. The van der Waals surface area contributed by atoms with Gasteiger partial charge in [0, 0.05) is 0 Å². The Morgan fingerprint density at radius 3 is 1.20 bits per heavy atom. The number of hydrogen-bond donors (Lipinski definition) is 0. The molecule has 0 spiro atoms. The monoisotopic (exact) mass is 492 g/mol. The fourth-order valence-electron chi connectivity index (χ4n) is 5.27. The van der Waals surface area contributed by atoms with Crippen molar-refractivity contribution in [2.75, 3.05) is 0 Å². The molecule has 0 N–H and O–H groups in total. The molecule has 0 heterocycles. The molecule has 0 nitrogen and oxygen atoms in total. The number of hydrogen-bond acceptors (Lipinski definition) is 0. The van der Waals surface area contributed by atoms with Crippen LogP contribution in [0.4, 0.5) is 0 Å². The summed E-state index contributed by atoms with van der Waals surface area (Å²) in [6.07, 6.45) is 0.762. The first-order valence-electron chi connectivity index (χ1n) is 12.1. The van der Waals surface area contributed by atoms with Gasteiger partial charge in [-0.3, -0.25) is 0 Å². The van der Waals surface area contributed by atoms with E-state index in [1.54, 1.807) is 0 Å². The molecule has 2 heteroatoms. The van der Waals surface area contributed by atoms with Crippen LogP contribution < -0.4 is 15.9 Å². The van der Waals surface area contributed by atoms with Crippen molar-refractivity contribution in [3.63, 3.8) is 0 Å². The quantitative estimate of drug-likeness (QED) is 0.210. The fourth-order valence-corrected chi connectivity index (χ4v) is 11.6. The molecule has 5 aromatic carbocycles. The molecule has 0 unspecified atom stereocenters. The summed E-state index contributed by atoms with van der Waals surface area (Å²) in [7, 11) is 0. The van der Waals surface area contributed by atoms with E-state index < -0.39 is 5.96 Å². The zero-order valence-electron chi connectivity index (χ0n) is 20.2. The van der Waals surface area contributed by atoms with Gasteiger partial charge in [0.25, 0.3) is 0 Å². The standard InChI is InChI=1S/C33H30ClP/c1-26-23-29(28-15-7-3-8-16-28)24-27(2)33(26)25-35(34,30-17-9-4-10-18-30,31-19-11-5-12-20-31)32-21-13-6-14-22-32/h3-24H,25H2,1-2H3. The van der Waals surface area contributed by atoms with E-state index in [0.717, 1.165) is 6.16 Å². The van der Waals surface area contributed by atoms with E-state index in [-0.39, 0.29) is 0 Å². The van der Waals surface area contributed by atoms with Crippen molar-refractivity contribution >= 4 is 33.1 Å². The fraction of sp³-hybridized carbons (Fsp3) is 0.0909. The Balaban J connectivity index is 1.79. The maximum absolute atomic E-state index is 8.34. The molecule has 0 saturated carbocycles. The summed E-state index contributed by atoms with van der Waals surface area (Å²) in [4.78, 5) is 0. The number of aryl methyl sites for hydroxylation is 2. The van der Waals surface area contributed by atoms with Crippen molar-refractivity contribution in [1.29, 1.82) is 0 Å². The van der Waals surface area contributed by atoms with Crippen molar-refractivity contribution < 1.29 is 0 Å². The van der Waals surface area contributed by atoms with Gasteiger partial charge in [0.15, 0.2) is 0 Å². The molecular weight excluding hydrogens is 463 g/mol. The molecule has 0 aromatic heterocycles. The Kier molecular flexibility index (Phi) is 6.37. The summed E-state index contributed by atoms with van der Waals surface area (Å²) in [5.41, 5.74) is 6.37. The topological polar surface area (TPSA) is 0 Å². The summed E-state index contributed by atoms with van der Waals surface area (Å²) in [5, 5.41) is 3.59. The second-order valence-electron chi connectivity index (χ2n) is 9.30. The first-order chi connectivity index (χ1) is 17.0. The molecule has 0 atom stereocenters. The first kappa shape index (κ1) is 23.6. The summed E-state index contributed by atoms with van der Waals surface area (Å²) in [6.45, 7) is 4.46. The Hall–Kier alpha value is -3.18. The van der Waals surface area contributed by atoms with Crippen LogP contribution in [0.25, 0.3) is 11.1 Å². The van der Waals surface area contributed by atoms with Crippen LogP contribution >= 0.6 is 17.2 Å². The van der Waals surface area contributed by atoms with E-state index in [9.17, 15) is 0 Å². The van der Waals surface area contributed by atoms with Crippen LogP contribution in [0.1, 0.15) is 16.7 Å². The second-order valence-corrected chi connectivity index (χ2v) is 15.8. The Bertz CT molecular complexity index is 1310. The zero-order chi connectivity index (χ0) is 24.3. The molecule has 0 amide bonds. The van der Waals surface area contributed by atoms with Crippen LogP contribution in [-0.2, 0) is 6.16 Å². The third-order valence-electron chi connectivity index (χ3n) is 7.14. The molecule has 0 fully saturated rings. The summed E-state index contributed by atoms with van der Waals surface area (Å²) in [5.74, 6) is -3.37. The molecular formula is C33H30ClP. The minimum atomic E-state index is -3.37. The van der Waals surface area contributed by atoms with Gasteiger partial charge in [0.1, 0.15) is 0 Å². The van der Waals surface area contributed by atoms with Crippen LogP contribution in [0.5, 0.6) is 0 Å². The molecule has 0 aliphatic rings. The van der Waals surface area contributed by atoms with Gasteiger partial charge in [0.2, 0.25) is 0 Å². The van der Waals surface area contributed by atoms with Gasteiger partial charge >= 0.3 is 214 Å². The minimum absolute atomic E-state index is 0.762. The van der Waals surface area contributed by atoms with Crippen LogP contribution in [-0.4, -0.2) is 0 Å². The molecule has 5 aromatic rings. The van der Waals surface area contributed by atoms with Crippen LogP contribution in [0.3, 0.4) is 0 Å². The van der Waals surface area contributed by atoms with E-state index in [1.807, 2.05) is 0 Å². The van der Waals surface area contributed by atoms with Gasteiger partial charge in [-0.15, -0.1) is 0 Å². The number of halogens is 1. The van der Waals surface area contributed by atoms with E-state index in [0.29, 0.717) is 0 Å². The van der Waals surface area contributed by atoms with E-state index in [2.05, 4.69) is 147 Å². The van der Waals surface area contributed by atoms with Crippen LogP contribution in [0.2, 0.25) is 0 Å². The Labute approximate surface area is 214 Å². The first-order valence-corrected chi connectivity index (χ1v) is 15.4. The molecule has 5 rings (SSSR count). The molecule has 35 heavy (non-hydrogen) atoms.